The Morgan fingerprint density at radius 3 is 2.77 bits per heavy atom. The van der Waals surface area contributed by atoms with Crippen molar-refractivity contribution in [1.29, 1.82) is 0 Å². The van der Waals surface area contributed by atoms with E-state index in [-0.39, 0.29) is 11.9 Å². The topological polar surface area (TPSA) is 33.2 Å². The van der Waals surface area contributed by atoms with Crippen LogP contribution < -0.4 is 0 Å². The van der Waals surface area contributed by atoms with E-state index in [1.165, 1.54) is 0 Å². The van der Waals surface area contributed by atoms with Gasteiger partial charge in [0.1, 0.15) is 0 Å². The van der Waals surface area contributed by atoms with Crippen LogP contribution in [0.25, 0.3) is 6.08 Å². The first-order valence-corrected chi connectivity index (χ1v) is 7.70. The predicted octanol–water partition coefficient (Wildman–Crippen LogP) is 3.77. The van der Waals surface area contributed by atoms with Crippen molar-refractivity contribution >= 4 is 12.0 Å². The largest absolute Gasteiger partial charge is 0.332 e. The Balaban J connectivity index is 1.74. The second-order valence-electron chi connectivity index (χ2n) is 5.67. The quantitative estimate of drug-likeness (QED) is 0.807. The summed E-state index contributed by atoms with van der Waals surface area (Å²) in [5, 5.41) is 0. The highest BCUT2D eigenvalue weighted by Crippen LogP contribution is 2.31. The Labute approximate surface area is 131 Å². The maximum atomic E-state index is 12.5. The van der Waals surface area contributed by atoms with Gasteiger partial charge >= 0.3 is 0 Å². The molecule has 2 heterocycles. The number of hydrogen-bond acceptors (Lipinski definition) is 2. The van der Waals surface area contributed by atoms with Gasteiger partial charge < -0.3 is 4.90 Å². The van der Waals surface area contributed by atoms with Crippen LogP contribution in [0.1, 0.15) is 35.7 Å². The van der Waals surface area contributed by atoms with Gasteiger partial charge in [0.2, 0.25) is 5.91 Å². The van der Waals surface area contributed by atoms with Gasteiger partial charge in [-0.15, -0.1) is 0 Å². The van der Waals surface area contributed by atoms with Crippen molar-refractivity contribution in [3.8, 4) is 0 Å². The number of nitrogens with zero attached hydrogens (tertiary/aromatic N) is 2. The minimum atomic E-state index is 0.0759. The molecule has 3 rings (SSSR count). The van der Waals surface area contributed by atoms with E-state index in [0.29, 0.717) is 0 Å². The fourth-order valence-corrected chi connectivity index (χ4v) is 2.88. The number of likely N-dealkylation sites (tertiary alicyclic amines) is 1. The third-order valence-electron chi connectivity index (χ3n) is 4.07. The molecule has 0 radical (unpaired) electrons. The highest BCUT2D eigenvalue weighted by molar-refractivity contribution is 5.92. The van der Waals surface area contributed by atoms with Gasteiger partial charge in [0.05, 0.1) is 6.04 Å². The van der Waals surface area contributed by atoms with Gasteiger partial charge in [-0.2, -0.15) is 0 Å². The number of benzene rings is 1. The van der Waals surface area contributed by atoms with Crippen LogP contribution in [-0.4, -0.2) is 22.3 Å². The van der Waals surface area contributed by atoms with Gasteiger partial charge in [0.15, 0.2) is 0 Å². The van der Waals surface area contributed by atoms with Crippen LogP contribution in [-0.2, 0) is 4.79 Å². The second kappa shape index (κ2) is 6.56. The molecule has 1 aliphatic rings. The molecule has 22 heavy (non-hydrogen) atoms. The van der Waals surface area contributed by atoms with E-state index in [1.54, 1.807) is 6.08 Å². The normalized spacial score (nSPS) is 18.0. The molecular weight excluding hydrogens is 272 g/mol. The SMILES string of the molecule is Cc1ccc(C2CCCN2C(=O)/C=C/c2ccccc2)cn1. The summed E-state index contributed by atoms with van der Waals surface area (Å²) in [6.07, 6.45) is 7.51. The summed E-state index contributed by atoms with van der Waals surface area (Å²) >= 11 is 0. The Hall–Kier alpha value is -2.42. The van der Waals surface area contributed by atoms with Gasteiger partial charge in [-0.25, -0.2) is 0 Å². The lowest BCUT2D eigenvalue weighted by molar-refractivity contribution is -0.126. The standard InChI is InChI=1S/C19H20N2O/c1-15-9-11-17(14-20-15)18-8-5-13-21(18)19(22)12-10-16-6-3-2-4-7-16/h2-4,6-7,9-12,14,18H,5,8,13H2,1H3/b12-10+. The maximum Gasteiger partial charge on any atom is 0.247 e. The van der Waals surface area contributed by atoms with Gasteiger partial charge in [0, 0.05) is 24.5 Å². The van der Waals surface area contributed by atoms with Gasteiger partial charge in [-0.1, -0.05) is 36.4 Å². The smallest absolute Gasteiger partial charge is 0.247 e. The molecule has 1 saturated heterocycles. The van der Waals surface area contributed by atoms with Crippen LogP contribution in [0.4, 0.5) is 0 Å². The van der Waals surface area contributed by atoms with E-state index in [9.17, 15) is 4.79 Å². The minimum absolute atomic E-state index is 0.0759. The lowest BCUT2D eigenvalue weighted by atomic mass is 10.1. The zero-order chi connectivity index (χ0) is 15.4. The molecule has 1 aromatic carbocycles. The van der Waals surface area contributed by atoms with Crippen LogP contribution in [0.5, 0.6) is 0 Å². The first-order valence-electron chi connectivity index (χ1n) is 7.70. The molecule has 3 nitrogen and oxygen atoms in total. The third-order valence-corrected chi connectivity index (χ3v) is 4.07. The van der Waals surface area contributed by atoms with Crippen molar-refractivity contribution in [1.82, 2.24) is 9.88 Å². The molecule has 1 unspecified atom stereocenters. The zero-order valence-electron chi connectivity index (χ0n) is 12.8. The molecule has 0 aliphatic carbocycles. The number of amides is 1. The number of carbonyl (C=O) groups excluding carboxylic acids is 1. The van der Waals surface area contributed by atoms with Crippen molar-refractivity contribution in [3.05, 3.63) is 71.6 Å². The summed E-state index contributed by atoms with van der Waals surface area (Å²) in [5.41, 5.74) is 3.18. The Morgan fingerprint density at radius 2 is 2.05 bits per heavy atom. The van der Waals surface area contributed by atoms with Crippen LogP contribution in [0.2, 0.25) is 0 Å². The summed E-state index contributed by atoms with van der Waals surface area (Å²) in [4.78, 5) is 18.8. The molecule has 112 valence electrons. The Kier molecular flexibility index (Phi) is 4.33. The molecular formula is C19H20N2O. The first-order chi connectivity index (χ1) is 10.7. The van der Waals surface area contributed by atoms with Gasteiger partial charge in [-0.3, -0.25) is 9.78 Å². The molecule has 0 N–H and O–H groups in total. The third kappa shape index (κ3) is 3.25. The summed E-state index contributed by atoms with van der Waals surface area (Å²) < 4.78 is 0. The summed E-state index contributed by atoms with van der Waals surface area (Å²) in [7, 11) is 0. The van der Waals surface area contributed by atoms with Crippen molar-refractivity contribution in [2.24, 2.45) is 0 Å². The van der Waals surface area contributed by atoms with E-state index in [4.69, 9.17) is 0 Å². The van der Waals surface area contributed by atoms with Crippen molar-refractivity contribution < 1.29 is 4.79 Å². The molecule has 0 saturated carbocycles. The molecule has 0 bridgehead atoms. The molecule has 1 atom stereocenters. The second-order valence-corrected chi connectivity index (χ2v) is 5.67. The highest BCUT2D eigenvalue weighted by atomic mass is 16.2. The maximum absolute atomic E-state index is 12.5. The zero-order valence-corrected chi connectivity index (χ0v) is 12.8. The lowest BCUT2D eigenvalue weighted by Gasteiger charge is -2.23. The monoisotopic (exact) mass is 292 g/mol. The molecule has 1 fully saturated rings. The Morgan fingerprint density at radius 1 is 1.23 bits per heavy atom. The van der Waals surface area contributed by atoms with E-state index in [0.717, 1.165) is 36.2 Å². The van der Waals surface area contributed by atoms with E-state index in [2.05, 4.69) is 11.1 Å². The van der Waals surface area contributed by atoms with Crippen LogP contribution in [0, 0.1) is 6.92 Å². The van der Waals surface area contributed by atoms with Crippen molar-refractivity contribution in [2.45, 2.75) is 25.8 Å². The lowest BCUT2D eigenvalue weighted by Crippen LogP contribution is -2.28. The number of aromatic nitrogens is 1. The Bertz CT molecular complexity index is 662. The van der Waals surface area contributed by atoms with E-state index in [1.807, 2.05) is 60.5 Å². The van der Waals surface area contributed by atoms with Crippen LogP contribution in [0.3, 0.4) is 0 Å². The van der Waals surface area contributed by atoms with E-state index < -0.39 is 0 Å². The molecule has 1 amide bonds. The number of aryl methyl sites for hydroxylation is 1. The van der Waals surface area contributed by atoms with Crippen molar-refractivity contribution in [2.75, 3.05) is 6.54 Å². The average Bonchev–Trinajstić information content (AvgIpc) is 3.04. The number of rotatable bonds is 3. The summed E-state index contributed by atoms with van der Waals surface area (Å²) in [6, 6.07) is 14.2. The predicted molar refractivity (Wildman–Crippen MR) is 88.1 cm³/mol. The van der Waals surface area contributed by atoms with Crippen LogP contribution >= 0.6 is 0 Å². The molecule has 3 heteroatoms. The van der Waals surface area contributed by atoms with Gasteiger partial charge in [0.25, 0.3) is 0 Å². The summed E-state index contributed by atoms with van der Waals surface area (Å²) in [5.74, 6) is 0.0759. The number of pyridine rings is 1. The summed E-state index contributed by atoms with van der Waals surface area (Å²) in [6.45, 7) is 2.79. The first kappa shape index (κ1) is 14.5. The number of hydrogen-bond donors (Lipinski definition) is 0. The van der Waals surface area contributed by atoms with Crippen molar-refractivity contribution in [3.63, 3.8) is 0 Å². The fourth-order valence-electron chi connectivity index (χ4n) is 2.88. The molecule has 2 aromatic rings. The van der Waals surface area contributed by atoms with Crippen LogP contribution in [0.15, 0.2) is 54.7 Å². The molecule has 1 aliphatic heterocycles. The average molecular weight is 292 g/mol. The minimum Gasteiger partial charge on any atom is -0.332 e. The van der Waals surface area contributed by atoms with Gasteiger partial charge in [-0.05, 0) is 43.0 Å². The molecule has 1 aromatic heterocycles. The molecule has 0 spiro atoms. The van der Waals surface area contributed by atoms with E-state index >= 15 is 0 Å². The highest BCUT2D eigenvalue weighted by Gasteiger charge is 2.28. The number of carbonyl (C=O) groups is 1. The fraction of sp³-hybridized carbons (Fsp3) is 0.263.